The Morgan fingerprint density at radius 1 is 0.750 bits per heavy atom. The van der Waals surface area contributed by atoms with Crippen LogP contribution in [0.5, 0.6) is 0 Å². The first kappa shape index (κ1) is 27.2. The molecular weight excluding hydrogens is 346 g/mol. The van der Waals surface area contributed by atoms with Crippen molar-refractivity contribution in [3.8, 4) is 0 Å². The minimum atomic E-state index is -0.454. The van der Waals surface area contributed by atoms with E-state index in [1.165, 1.54) is 96.3 Å². The van der Waals surface area contributed by atoms with Gasteiger partial charge in [0.1, 0.15) is 0 Å². The highest BCUT2D eigenvalue weighted by Crippen LogP contribution is 2.12. The molecule has 1 unspecified atom stereocenters. The van der Waals surface area contributed by atoms with Crippen LogP contribution in [0.2, 0.25) is 0 Å². The van der Waals surface area contributed by atoms with Gasteiger partial charge in [-0.1, -0.05) is 96.1 Å². The number of unbranched alkanes of at least 4 members (excludes halogenated alkanes) is 15. The van der Waals surface area contributed by atoms with Crippen molar-refractivity contribution in [2.24, 2.45) is 0 Å². The summed E-state index contributed by atoms with van der Waals surface area (Å²) in [5, 5.41) is 11.9. The lowest BCUT2D eigenvalue weighted by atomic mass is 10.1. The standard InChI is InChI=1S/C25H49NO2/c1-3-4-5-6-7-8-9-10-11-12-13-14-15-16-17-18-19-20-21-22-25(28)26-23-24(2)27/h10-11,24,27H,3-9,12-23H2,1-2H3,(H,26,28)/b11-10+. The number of hydrogen-bond donors (Lipinski definition) is 2. The largest absolute Gasteiger partial charge is 0.392 e. The maximum atomic E-state index is 11.5. The van der Waals surface area contributed by atoms with Crippen molar-refractivity contribution in [3.63, 3.8) is 0 Å². The van der Waals surface area contributed by atoms with Gasteiger partial charge in [0.05, 0.1) is 6.10 Å². The molecule has 166 valence electrons. The summed E-state index contributed by atoms with van der Waals surface area (Å²) in [7, 11) is 0. The molecule has 0 spiro atoms. The van der Waals surface area contributed by atoms with Gasteiger partial charge in [0.25, 0.3) is 0 Å². The van der Waals surface area contributed by atoms with E-state index in [1.807, 2.05) is 0 Å². The van der Waals surface area contributed by atoms with Crippen LogP contribution in [0.25, 0.3) is 0 Å². The lowest BCUT2D eigenvalue weighted by Crippen LogP contribution is -2.30. The molecule has 3 heteroatoms. The molecule has 3 nitrogen and oxygen atoms in total. The van der Waals surface area contributed by atoms with Gasteiger partial charge in [-0.3, -0.25) is 4.79 Å². The van der Waals surface area contributed by atoms with Crippen molar-refractivity contribution in [3.05, 3.63) is 12.2 Å². The second kappa shape index (κ2) is 22.5. The first-order chi connectivity index (χ1) is 13.7. The van der Waals surface area contributed by atoms with Gasteiger partial charge < -0.3 is 10.4 Å². The molecule has 0 aromatic carbocycles. The molecule has 0 heterocycles. The van der Waals surface area contributed by atoms with Crippen molar-refractivity contribution in [1.82, 2.24) is 5.32 Å². The molecule has 0 aromatic heterocycles. The first-order valence-corrected chi connectivity index (χ1v) is 12.3. The van der Waals surface area contributed by atoms with E-state index < -0.39 is 6.10 Å². The second-order valence-electron chi connectivity index (χ2n) is 8.40. The van der Waals surface area contributed by atoms with E-state index >= 15 is 0 Å². The molecule has 0 radical (unpaired) electrons. The van der Waals surface area contributed by atoms with Gasteiger partial charge in [0.2, 0.25) is 5.91 Å². The van der Waals surface area contributed by atoms with Crippen LogP contribution >= 0.6 is 0 Å². The Hall–Kier alpha value is -0.830. The van der Waals surface area contributed by atoms with Gasteiger partial charge >= 0.3 is 0 Å². The van der Waals surface area contributed by atoms with E-state index in [4.69, 9.17) is 5.11 Å². The Morgan fingerprint density at radius 3 is 1.64 bits per heavy atom. The molecule has 0 saturated heterocycles. The summed E-state index contributed by atoms with van der Waals surface area (Å²) in [6.45, 7) is 4.33. The summed E-state index contributed by atoms with van der Waals surface area (Å²) >= 11 is 0. The summed E-state index contributed by atoms with van der Waals surface area (Å²) < 4.78 is 0. The van der Waals surface area contributed by atoms with Crippen molar-refractivity contribution >= 4 is 5.91 Å². The molecule has 0 fully saturated rings. The molecule has 0 aromatic rings. The van der Waals surface area contributed by atoms with Gasteiger partial charge in [-0.15, -0.1) is 0 Å². The number of rotatable bonds is 21. The number of hydrogen-bond acceptors (Lipinski definition) is 2. The van der Waals surface area contributed by atoms with Crippen molar-refractivity contribution in [2.45, 2.75) is 136 Å². The highest BCUT2D eigenvalue weighted by molar-refractivity contribution is 5.75. The molecule has 0 aliphatic carbocycles. The molecule has 0 rings (SSSR count). The third kappa shape index (κ3) is 23.2. The van der Waals surface area contributed by atoms with Crippen LogP contribution in [0.1, 0.15) is 129 Å². The average Bonchev–Trinajstić information content (AvgIpc) is 2.68. The van der Waals surface area contributed by atoms with E-state index in [0.717, 1.165) is 12.8 Å². The lowest BCUT2D eigenvalue weighted by molar-refractivity contribution is -0.121. The van der Waals surface area contributed by atoms with E-state index in [9.17, 15) is 4.79 Å². The van der Waals surface area contributed by atoms with Gasteiger partial charge in [0.15, 0.2) is 0 Å². The highest BCUT2D eigenvalue weighted by Gasteiger charge is 2.02. The van der Waals surface area contributed by atoms with Crippen LogP contribution in [0.3, 0.4) is 0 Å². The van der Waals surface area contributed by atoms with Crippen LogP contribution in [-0.4, -0.2) is 23.7 Å². The monoisotopic (exact) mass is 395 g/mol. The zero-order valence-electron chi connectivity index (χ0n) is 19.0. The zero-order valence-corrected chi connectivity index (χ0v) is 19.0. The Morgan fingerprint density at radius 2 is 1.18 bits per heavy atom. The fourth-order valence-electron chi connectivity index (χ4n) is 3.41. The normalized spacial score (nSPS) is 12.5. The number of carbonyl (C=O) groups is 1. The zero-order chi connectivity index (χ0) is 20.7. The predicted octanol–water partition coefficient (Wildman–Crippen LogP) is 7.08. The van der Waals surface area contributed by atoms with Crippen LogP contribution in [-0.2, 0) is 4.79 Å². The minimum Gasteiger partial charge on any atom is -0.392 e. The van der Waals surface area contributed by atoms with E-state index in [-0.39, 0.29) is 5.91 Å². The van der Waals surface area contributed by atoms with Crippen LogP contribution < -0.4 is 5.32 Å². The quantitative estimate of drug-likeness (QED) is 0.161. The van der Waals surface area contributed by atoms with Gasteiger partial charge in [-0.2, -0.15) is 0 Å². The molecule has 0 aliphatic rings. The Bertz CT molecular complexity index is 352. The summed E-state index contributed by atoms with van der Waals surface area (Å²) in [6.07, 6.45) is 27.2. The smallest absolute Gasteiger partial charge is 0.220 e. The Balaban J connectivity index is 3.15. The summed E-state index contributed by atoms with van der Waals surface area (Å²) in [6, 6.07) is 0. The maximum absolute atomic E-state index is 11.5. The van der Waals surface area contributed by atoms with Crippen LogP contribution in [0, 0.1) is 0 Å². The van der Waals surface area contributed by atoms with Crippen LogP contribution in [0.15, 0.2) is 12.2 Å². The summed E-state index contributed by atoms with van der Waals surface area (Å²) in [5.41, 5.74) is 0. The first-order valence-electron chi connectivity index (χ1n) is 12.3. The number of amides is 1. The van der Waals surface area contributed by atoms with E-state index in [2.05, 4.69) is 24.4 Å². The number of aliphatic hydroxyl groups is 1. The molecule has 1 amide bonds. The Kier molecular flexibility index (Phi) is 21.8. The molecule has 1 atom stereocenters. The van der Waals surface area contributed by atoms with Gasteiger partial charge in [0, 0.05) is 13.0 Å². The summed E-state index contributed by atoms with van der Waals surface area (Å²) in [5.74, 6) is 0.0712. The van der Waals surface area contributed by atoms with E-state index in [1.54, 1.807) is 6.92 Å². The van der Waals surface area contributed by atoms with Crippen molar-refractivity contribution in [2.75, 3.05) is 6.54 Å². The molecule has 0 saturated carbocycles. The minimum absolute atomic E-state index is 0.0712. The number of carbonyl (C=O) groups excluding carboxylic acids is 1. The molecule has 0 bridgehead atoms. The summed E-state index contributed by atoms with van der Waals surface area (Å²) in [4.78, 5) is 11.5. The molecule has 0 aliphatic heterocycles. The fraction of sp³-hybridized carbons (Fsp3) is 0.880. The fourth-order valence-corrected chi connectivity index (χ4v) is 3.41. The van der Waals surface area contributed by atoms with E-state index in [0.29, 0.717) is 13.0 Å². The third-order valence-electron chi connectivity index (χ3n) is 5.26. The maximum Gasteiger partial charge on any atom is 0.220 e. The second-order valence-corrected chi connectivity index (χ2v) is 8.40. The molecule has 2 N–H and O–H groups in total. The highest BCUT2D eigenvalue weighted by atomic mass is 16.3. The third-order valence-corrected chi connectivity index (χ3v) is 5.26. The van der Waals surface area contributed by atoms with Gasteiger partial charge in [-0.05, 0) is 39.0 Å². The SMILES string of the molecule is CCCCCCCC/C=C/CCCCCCCCCCCC(=O)NCC(C)O. The molecular formula is C25H49NO2. The predicted molar refractivity (Wildman–Crippen MR) is 123 cm³/mol. The van der Waals surface area contributed by atoms with Crippen LogP contribution in [0.4, 0.5) is 0 Å². The van der Waals surface area contributed by atoms with Crippen molar-refractivity contribution < 1.29 is 9.90 Å². The molecule has 28 heavy (non-hydrogen) atoms. The van der Waals surface area contributed by atoms with Gasteiger partial charge in [-0.25, -0.2) is 0 Å². The number of nitrogens with one attached hydrogen (secondary N) is 1. The van der Waals surface area contributed by atoms with Crippen molar-refractivity contribution in [1.29, 1.82) is 0 Å². The topological polar surface area (TPSA) is 49.3 Å². The number of allylic oxidation sites excluding steroid dienone is 2. The average molecular weight is 396 g/mol. The number of aliphatic hydroxyl groups excluding tert-OH is 1. The Labute approximate surface area is 175 Å². The lowest BCUT2D eigenvalue weighted by Gasteiger charge is -2.06.